The smallest absolute Gasteiger partial charge is 0.257 e. The predicted molar refractivity (Wildman–Crippen MR) is 111 cm³/mol. The van der Waals surface area contributed by atoms with E-state index in [0.29, 0.717) is 11.1 Å². The van der Waals surface area contributed by atoms with Crippen molar-refractivity contribution < 1.29 is 23.3 Å². The maximum atomic E-state index is 14.3. The van der Waals surface area contributed by atoms with Crippen LogP contribution in [0.1, 0.15) is 32.0 Å². The van der Waals surface area contributed by atoms with Gasteiger partial charge in [-0.15, -0.1) is 0 Å². The van der Waals surface area contributed by atoms with Crippen LogP contribution in [-0.4, -0.2) is 29.4 Å². The van der Waals surface area contributed by atoms with Gasteiger partial charge < -0.3 is 20.9 Å². The Kier molecular flexibility index (Phi) is 6.66. The lowest BCUT2D eigenvalue weighted by molar-refractivity contribution is -0.117. The summed E-state index contributed by atoms with van der Waals surface area (Å²) in [4.78, 5) is 35.4. The molecule has 10 heteroatoms. The van der Waals surface area contributed by atoms with E-state index in [1.54, 1.807) is 31.2 Å². The van der Waals surface area contributed by atoms with Gasteiger partial charge in [-0.3, -0.25) is 14.4 Å². The van der Waals surface area contributed by atoms with Crippen molar-refractivity contribution in [1.82, 2.24) is 15.8 Å². The molecule has 0 aliphatic carbocycles. The first-order valence-corrected chi connectivity index (χ1v) is 9.50. The van der Waals surface area contributed by atoms with Gasteiger partial charge in [-0.1, -0.05) is 35.0 Å². The molecule has 2 aromatic carbocycles. The van der Waals surface area contributed by atoms with Crippen LogP contribution < -0.4 is 16.4 Å². The molecule has 0 aliphatic rings. The summed E-state index contributed by atoms with van der Waals surface area (Å²) < 4.78 is 19.4. The van der Waals surface area contributed by atoms with Gasteiger partial charge in [0.1, 0.15) is 22.8 Å². The van der Waals surface area contributed by atoms with Crippen LogP contribution in [0.5, 0.6) is 0 Å². The van der Waals surface area contributed by atoms with Crippen molar-refractivity contribution in [3.63, 3.8) is 0 Å². The number of benzene rings is 2. The van der Waals surface area contributed by atoms with Gasteiger partial charge in [0.25, 0.3) is 11.8 Å². The van der Waals surface area contributed by atoms with Crippen LogP contribution in [0.2, 0.25) is 5.02 Å². The van der Waals surface area contributed by atoms with E-state index in [4.69, 9.17) is 21.9 Å². The number of nitrogens with one attached hydrogen (secondary N) is 2. The number of nitrogens with zero attached hydrogens (tertiary/aromatic N) is 1. The monoisotopic (exact) mass is 444 g/mol. The highest BCUT2D eigenvalue weighted by Gasteiger charge is 2.25. The van der Waals surface area contributed by atoms with E-state index in [1.807, 2.05) is 0 Å². The van der Waals surface area contributed by atoms with Gasteiger partial charge in [-0.2, -0.15) is 0 Å². The van der Waals surface area contributed by atoms with Crippen molar-refractivity contribution in [2.75, 3.05) is 6.54 Å². The Morgan fingerprint density at radius 3 is 2.45 bits per heavy atom. The average Bonchev–Trinajstić information content (AvgIpc) is 3.11. The number of primary amides is 1. The van der Waals surface area contributed by atoms with Crippen molar-refractivity contribution in [2.45, 2.75) is 13.5 Å². The molecule has 1 aromatic heterocycles. The Morgan fingerprint density at radius 1 is 1.10 bits per heavy atom. The van der Waals surface area contributed by atoms with Crippen molar-refractivity contribution in [2.24, 2.45) is 5.73 Å². The Balaban J connectivity index is 1.72. The lowest BCUT2D eigenvalue weighted by atomic mass is 10.0. The maximum Gasteiger partial charge on any atom is 0.257 e. The van der Waals surface area contributed by atoms with Crippen LogP contribution in [0.3, 0.4) is 0 Å². The van der Waals surface area contributed by atoms with Gasteiger partial charge in [0.05, 0.1) is 17.1 Å². The minimum Gasteiger partial charge on any atom is -0.368 e. The third-order valence-corrected chi connectivity index (χ3v) is 4.70. The fourth-order valence-electron chi connectivity index (χ4n) is 2.85. The molecule has 0 aliphatic heterocycles. The topological polar surface area (TPSA) is 127 Å². The van der Waals surface area contributed by atoms with Crippen molar-refractivity contribution >= 4 is 29.3 Å². The molecular weight excluding hydrogens is 427 g/mol. The summed E-state index contributed by atoms with van der Waals surface area (Å²) in [5.41, 5.74) is 6.11. The highest BCUT2D eigenvalue weighted by molar-refractivity contribution is 6.33. The van der Waals surface area contributed by atoms with E-state index < -0.39 is 23.5 Å². The molecule has 0 unspecified atom stereocenters. The number of halogens is 2. The van der Waals surface area contributed by atoms with Crippen molar-refractivity contribution in [3.05, 3.63) is 75.8 Å². The molecule has 0 saturated heterocycles. The van der Waals surface area contributed by atoms with E-state index in [-0.39, 0.29) is 40.7 Å². The highest BCUT2D eigenvalue weighted by atomic mass is 35.5. The molecular formula is C21H18ClFN4O4. The fraction of sp³-hybridized carbons (Fsp3) is 0.143. The number of rotatable bonds is 7. The zero-order chi connectivity index (χ0) is 22.5. The zero-order valence-electron chi connectivity index (χ0n) is 16.4. The number of amides is 3. The first kappa shape index (κ1) is 22.0. The van der Waals surface area contributed by atoms with Gasteiger partial charge >= 0.3 is 0 Å². The zero-order valence-corrected chi connectivity index (χ0v) is 17.1. The molecule has 0 saturated carbocycles. The number of hydrogen-bond donors (Lipinski definition) is 3. The number of carbonyl (C=O) groups is 3. The Bertz CT molecular complexity index is 1120. The summed E-state index contributed by atoms with van der Waals surface area (Å²) in [5.74, 6) is -2.02. The number of aryl methyl sites for hydroxylation is 1. The third kappa shape index (κ3) is 5.07. The molecule has 3 amide bonds. The van der Waals surface area contributed by atoms with Crippen LogP contribution in [0, 0.1) is 12.7 Å². The molecule has 4 N–H and O–H groups in total. The van der Waals surface area contributed by atoms with Crippen LogP contribution >= 0.6 is 11.6 Å². The number of aromatic nitrogens is 1. The van der Waals surface area contributed by atoms with Gasteiger partial charge in [-0.05, 0) is 36.8 Å². The summed E-state index contributed by atoms with van der Waals surface area (Å²) in [5, 5.41) is 9.01. The van der Waals surface area contributed by atoms with Gasteiger partial charge in [-0.25, -0.2) is 4.39 Å². The molecule has 0 bridgehead atoms. The van der Waals surface area contributed by atoms with E-state index >= 15 is 0 Å². The molecule has 1 heterocycles. The summed E-state index contributed by atoms with van der Waals surface area (Å²) >= 11 is 6.09. The van der Waals surface area contributed by atoms with Crippen LogP contribution in [0.4, 0.5) is 4.39 Å². The molecule has 3 rings (SSSR count). The highest BCUT2D eigenvalue weighted by Crippen LogP contribution is 2.33. The average molecular weight is 445 g/mol. The van der Waals surface area contributed by atoms with Crippen molar-refractivity contribution in [3.8, 4) is 11.3 Å². The molecule has 8 nitrogen and oxygen atoms in total. The lowest BCUT2D eigenvalue weighted by Crippen LogP contribution is -2.33. The molecule has 3 aromatic rings. The normalized spacial score (nSPS) is 10.5. The Morgan fingerprint density at radius 2 is 1.81 bits per heavy atom. The van der Waals surface area contributed by atoms with Gasteiger partial charge in [0.15, 0.2) is 0 Å². The van der Waals surface area contributed by atoms with Gasteiger partial charge in [0.2, 0.25) is 5.91 Å². The molecule has 0 spiro atoms. The third-order valence-electron chi connectivity index (χ3n) is 4.38. The Labute approximate surface area is 181 Å². The molecule has 0 radical (unpaired) electrons. The summed E-state index contributed by atoms with van der Waals surface area (Å²) in [6, 6.07) is 10.6. The number of nitrogens with two attached hydrogens (primary N) is 1. The minimum absolute atomic E-state index is 0.0135. The number of carbonyl (C=O) groups excluding carboxylic acids is 3. The second-order valence-electron chi connectivity index (χ2n) is 6.59. The number of hydrogen-bond acceptors (Lipinski definition) is 5. The second-order valence-corrected chi connectivity index (χ2v) is 6.99. The summed E-state index contributed by atoms with van der Waals surface area (Å²) in [6.07, 6.45) is 0. The second kappa shape index (κ2) is 9.40. The summed E-state index contributed by atoms with van der Waals surface area (Å²) in [6.45, 7) is 1.42. The quantitative estimate of drug-likeness (QED) is 0.516. The fourth-order valence-corrected chi connectivity index (χ4v) is 3.10. The van der Waals surface area contributed by atoms with Gasteiger partial charge in [0, 0.05) is 12.1 Å². The van der Waals surface area contributed by atoms with E-state index in [9.17, 15) is 18.8 Å². The predicted octanol–water partition coefficient (Wildman–Crippen LogP) is 2.59. The standard InChI is InChI=1S/C21H18ClFN4O4/c1-11-17(19(27-31-11)18-14(22)3-2-4-15(18)23)21(30)25-9-12-5-7-13(8-6-12)20(29)26-10-16(24)28/h2-8H,9-10H2,1H3,(H2,24,28)(H,25,30)(H,26,29). The molecule has 0 fully saturated rings. The molecule has 31 heavy (non-hydrogen) atoms. The van der Waals surface area contributed by atoms with Crippen LogP contribution in [0.15, 0.2) is 47.0 Å². The SMILES string of the molecule is Cc1onc(-c2c(F)cccc2Cl)c1C(=O)NCc1ccc(C(=O)NCC(N)=O)cc1. The largest absolute Gasteiger partial charge is 0.368 e. The van der Waals surface area contributed by atoms with E-state index in [1.165, 1.54) is 18.2 Å². The van der Waals surface area contributed by atoms with E-state index in [0.717, 1.165) is 0 Å². The van der Waals surface area contributed by atoms with E-state index in [2.05, 4.69) is 15.8 Å². The van der Waals surface area contributed by atoms with Crippen molar-refractivity contribution in [1.29, 1.82) is 0 Å². The maximum absolute atomic E-state index is 14.3. The molecule has 160 valence electrons. The first-order chi connectivity index (χ1) is 14.8. The molecule has 0 atom stereocenters. The minimum atomic E-state index is -0.646. The van der Waals surface area contributed by atoms with Crippen LogP contribution in [0.25, 0.3) is 11.3 Å². The summed E-state index contributed by atoms with van der Waals surface area (Å²) in [7, 11) is 0. The lowest BCUT2D eigenvalue weighted by Gasteiger charge is -2.08. The Hall–Kier alpha value is -3.72. The first-order valence-electron chi connectivity index (χ1n) is 9.12. The van der Waals surface area contributed by atoms with Crippen LogP contribution in [-0.2, 0) is 11.3 Å².